The molecule has 3 aromatic carbocycles. The molecule has 0 bridgehead atoms. The van der Waals surface area contributed by atoms with Gasteiger partial charge in [0.15, 0.2) is 0 Å². The minimum Gasteiger partial charge on any atom is -0.437 e. The summed E-state index contributed by atoms with van der Waals surface area (Å²) in [5, 5.41) is 12.6. The maximum absolute atomic E-state index is 11.1. The molecule has 7 rings (SSSR count). The first-order valence-electron chi connectivity index (χ1n) is 14.9. The predicted octanol–water partition coefficient (Wildman–Crippen LogP) is 5.43. The molecule has 2 fully saturated rings. The van der Waals surface area contributed by atoms with Gasteiger partial charge in [0.2, 0.25) is 0 Å². The highest BCUT2D eigenvalue weighted by Gasteiger charge is 2.43. The second kappa shape index (κ2) is 10.6. The van der Waals surface area contributed by atoms with Crippen molar-refractivity contribution in [3.05, 3.63) is 72.4 Å². The van der Waals surface area contributed by atoms with E-state index in [4.69, 9.17) is 9.97 Å². The molecule has 2 aromatic heterocycles. The molecule has 3 N–H and O–H groups in total. The van der Waals surface area contributed by atoms with E-state index in [1.54, 1.807) is 7.41 Å². The highest BCUT2D eigenvalue weighted by Crippen LogP contribution is 2.38. The third-order valence-corrected chi connectivity index (χ3v) is 11.7. The molecule has 2 atom stereocenters. The third kappa shape index (κ3) is 4.94. The normalized spacial score (nSPS) is 21.0. The van der Waals surface area contributed by atoms with Crippen LogP contribution in [0, 0.1) is 0 Å². The van der Waals surface area contributed by atoms with Gasteiger partial charge in [0.25, 0.3) is 7.41 Å². The number of hydrogen-bond donors (Lipinski definition) is 3. The summed E-state index contributed by atoms with van der Waals surface area (Å²) in [7, 11) is -0.231. The van der Waals surface area contributed by atoms with Gasteiger partial charge in [-0.2, -0.15) is 0 Å². The summed E-state index contributed by atoms with van der Waals surface area (Å²) in [6, 6.07) is 20.8. The van der Waals surface area contributed by atoms with Gasteiger partial charge < -0.3 is 29.4 Å². The monoisotopic (exact) mass is 573 g/mol. The second-order valence-corrected chi connectivity index (χ2v) is 17.7. The van der Waals surface area contributed by atoms with E-state index in [2.05, 4.69) is 87.3 Å². The lowest BCUT2D eigenvalue weighted by Crippen LogP contribution is -2.40. The number of benzene rings is 3. The molecule has 0 aliphatic carbocycles. The lowest BCUT2D eigenvalue weighted by atomic mass is 9.84. The van der Waals surface area contributed by atoms with Crippen molar-refractivity contribution in [1.29, 1.82) is 0 Å². The van der Waals surface area contributed by atoms with E-state index in [0.29, 0.717) is 0 Å². The number of H-pyrrole nitrogens is 2. The second-order valence-electron chi connectivity index (χ2n) is 12.6. The maximum atomic E-state index is 11.1. The van der Waals surface area contributed by atoms with Crippen molar-refractivity contribution in [3.63, 3.8) is 0 Å². The summed E-state index contributed by atoms with van der Waals surface area (Å²) < 4.78 is 0. The first-order valence-corrected chi connectivity index (χ1v) is 18.3. The summed E-state index contributed by atoms with van der Waals surface area (Å²) in [4.78, 5) is 32.2. The highest BCUT2D eigenvalue weighted by molar-refractivity contribution is 6.79. The van der Waals surface area contributed by atoms with Gasteiger partial charge in [-0.05, 0) is 72.6 Å². The fraction of sp³-hybridized carbons (Fsp3) is 0.323. The number of carbonyl (C=O) groups is 1. The molecule has 2 saturated heterocycles. The maximum Gasteiger partial charge on any atom is 0.376 e. The average molecular weight is 573 g/mol. The van der Waals surface area contributed by atoms with E-state index in [0.717, 1.165) is 93.6 Å². The Hall–Kier alpha value is -3.50. The number of rotatable bonds is 7. The molecule has 1 radical (unpaired) electrons. The number of fused-ring (bicyclic) bond motifs is 3. The van der Waals surface area contributed by atoms with Crippen molar-refractivity contribution in [2.24, 2.45) is 0 Å². The zero-order valence-electron chi connectivity index (χ0n) is 24.3. The van der Waals surface area contributed by atoms with Crippen LogP contribution < -0.4 is 0 Å². The van der Waals surface area contributed by atoms with Crippen molar-refractivity contribution in [3.8, 4) is 22.4 Å². The van der Waals surface area contributed by atoms with Crippen LogP contribution in [0.5, 0.6) is 0 Å². The van der Waals surface area contributed by atoms with Crippen LogP contribution in [0.15, 0.2) is 60.8 Å². The molecule has 5 aromatic rings. The van der Waals surface area contributed by atoms with Crippen LogP contribution in [0.1, 0.15) is 36.6 Å². The zero-order chi connectivity index (χ0) is 29.0. The Kier molecular flexibility index (Phi) is 6.93. The summed E-state index contributed by atoms with van der Waals surface area (Å²) in [5.74, 6) is 1.87. The molecule has 0 spiro atoms. The Morgan fingerprint density at radius 3 is 2.60 bits per heavy atom. The lowest BCUT2D eigenvalue weighted by molar-refractivity contribution is 0.350. The number of aromatic nitrogens is 4. The van der Waals surface area contributed by atoms with E-state index in [9.17, 15) is 9.82 Å². The number of aromatic amines is 2. The highest BCUT2D eigenvalue weighted by atomic mass is 28.3. The molecule has 2 aliphatic rings. The minimum absolute atomic E-state index is 0.116. The molecule has 8 nitrogen and oxygen atoms in total. The Morgan fingerprint density at radius 2 is 1.81 bits per heavy atom. The van der Waals surface area contributed by atoms with Crippen molar-refractivity contribution >= 4 is 50.5 Å². The third-order valence-electron chi connectivity index (χ3n) is 9.03. The van der Waals surface area contributed by atoms with Gasteiger partial charge in [0.1, 0.15) is 11.6 Å². The molecular weight excluding hydrogens is 538 g/mol. The average Bonchev–Trinajstić information content (AvgIpc) is 3.78. The van der Waals surface area contributed by atoms with Gasteiger partial charge in [-0.15, -0.1) is 0 Å². The fourth-order valence-corrected chi connectivity index (χ4v) is 10.0. The van der Waals surface area contributed by atoms with Gasteiger partial charge in [-0.25, -0.2) is 9.97 Å². The summed E-state index contributed by atoms with van der Waals surface area (Å²) in [6.07, 6.45) is 5.80. The van der Waals surface area contributed by atoms with Crippen LogP contribution in [0.25, 0.3) is 44.2 Å². The molecular formula is C31H35B2N6O2Si. The SMILES string of the molecule is CB(O)N1C[Si](C)(C)C[C@H]1c1ncc(-c2ccc(-c3ccc4c(ccc5[nH]c([C@@H]6CCCN6[B]C=O)nc54)c3)cc2)[nH]1. The fourth-order valence-electron chi connectivity index (χ4n) is 6.95. The van der Waals surface area contributed by atoms with E-state index >= 15 is 0 Å². The Balaban J connectivity index is 1.13. The number of nitrogens with one attached hydrogen (secondary N) is 2. The first kappa shape index (κ1) is 27.3. The molecule has 0 amide bonds. The van der Waals surface area contributed by atoms with Crippen molar-refractivity contribution in [2.75, 3.05) is 12.7 Å². The quantitative estimate of drug-likeness (QED) is 0.177. The van der Waals surface area contributed by atoms with Gasteiger partial charge >= 0.3 is 7.05 Å². The van der Waals surface area contributed by atoms with Crippen LogP contribution in [-0.2, 0) is 4.79 Å². The largest absolute Gasteiger partial charge is 0.437 e. The Morgan fingerprint density at radius 1 is 1.02 bits per heavy atom. The number of hydrogen-bond acceptors (Lipinski definition) is 6. The predicted molar refractivity (Wildman–Crippen MR) is 173 cm³/mol. The van der Waals surface area contributed by atoms with E-state index in [1.165, 1.54) is 0 Å². The molecule has 0 saturated carbocycles. The first-order chi connectivity index (χ1) is 20.3. The Labute approximate surface area is 248 Å². The van der Waals surface area contributed by atoms with E-state index in [1.807, 2.05) is 13.0 Å². The minimum atomic E-state index is -1.39. The number of imidazole rings is 2. The number of nitrogens with zero attached hydrogens (tertiary/aromatic N) is 4. The number of carbonyl (C=O) groups excluding carboxylic acids is 1. The van der Waals surface area contributed by atoms with Crippen LogP contribution in [0.4, 0.5) is 0 Å². The summed E-state index contributed by atoms with van der Waals surface area (Å²) in [5.41, 5.74) is 6.39. The molecule has 4 heterocycles. The zero-order valence-corrected chi connectivity index (χ0v) is 25.3. The van der Waals surface area contributed by atoms with Crippen LogP contribution in [0.2, 0.25) is 26.0 Å². The Bertz CT molecular complexity index is 1770. The molecule has 2 aliphatic heterocycles. The summed E-state index contributed by atoms with van der Waals surface area (Å²) >= 11 is 0. The smallest absolute Gasteiger partial charge is 0.376 e. The lowest BCUT2D eigenvalue weighted by Gasteiger charge is -2.23. The van der Waals surface area contributed by atoms with Crippen LogP contribution in [-0.4, -0.2) is 76.0 Å². The van der Waals surface area contributed by atoms with Gasteiger partial charge in [-0.1, -0.05) is 55.6 Å². The van der Waals surface area contributed by atoms with Gasteiger partial charge in [-0.3, -0.25) is 0 Å². The van der Waals surface area contributed by atoms with Crippen LogP contribution in [0.3, 0.4) is 0 Å². The molecule has 0 unspecified atom stereocenters. The van der Waals surface area contributed by atoms with Crippen molar-refractivity contribution in [2.45, 2.75) is 50.9 Å². The van der Waals surface area contributed by atoms with Crippen LogP contribution >= 0.6 is 0 Å². The standard InChI is InChI=1S/C31H35B2N6O2Si/c1-33(41)39-19-42(2,3)17-28(39)30-34-16-26(36-30)21-8-6-20(7-9-21)22-10-12-24-23(15-22)11-13-25-29(24)37-31(35-25)27-5-4-14-38(27)32-18-40/h6-13,15-16,18,27-28,41H,4-5,14,17,19H2,1-3H3,(H,34,36)(H,35,37)/t27-,28-/m0/s1. The van der Waals surface area contributed by atoms with Gasteiger partial charge in [0, 0.05) is 5.39 Å². The summed E-state index contributed by atoms with van der Waals surface area (Å²) in [6.45, 7) is 7.50. The van der Waals surface area contributed by atoms with Gasteiger partial charge in [0.05, 0.1) is 49.3 Å². The van der Waals surface area contributed by atoms with E-state index in [-0.39, 0.29) is 12.1 Å². The molecule has 42 heavy (non-hydrogen) atoms. The van der Waals surface area contributed by atoms with Crippen molar-refractivity contribution in [1.82, 2.24) is 29.6 Å². The molecule has 11 heteroatoms. The molecule has 211 valence electrons. The van der Waals surface area contributed by atoms with E-state index < -0.39 is 15.1 Å². The topological polar surface area (TPSA) is 101 Å². The van der Waals surface area contributed by atoms with Crippen molar-refractivity contribution < 1.29 is 9.82 Å².